The molecule has 0 atom stereocenters. The van der Waals surface area contributed by atoms with Crippen LogP contribution in [-0.4, -0.2) is 16.1 Å². The largest absolute Gasteiger partial charge is 0.478 e. The fourth-order valence-corrected chi connectivity index (χ4v) is 3.46. The third-order valence-electron chi connectivity index (χ3n) is 2.82. The van der Waals surface area contributed by atoms with Crippen LogP contribution in [0, 0.1) is 5.82 Å². The highest BCUT2D eigenvalue weighted by molar-refractivity contribution is 9.10. The second-order valence-corrected chi connectivity index (χ2v) is 5.93. The Hall–Kier alpha value is -1.79. The predicted octanol–water partition coefficient (Wildman–Crippen LogP) is 4.56. The molecule has 0 radical (unpaired) electrons. The molecule has 3 aromatic rings. The molecule has 1 N–H and O–H groups in total. The number of aromatic carboxylic acids is 1. The van der Waals surface area contributed by atoms with Gasteiger partial charge in [-0.05, 0) is 40.2 Å². The van der Waals surface area contributed by atoms with Gasteiger partial charge in [-0.25, -0.2) is 14.2 Å². The van der Waals surface area contributed by atoms with Gasteiger partial charge in [0, 0.05) is 5.56 Å². The fourth-order valence-electron chi connectivity index (χ4n) is 1.84. The average molecular weight is 352 g/mol. The molecule has 0 spiro atoms. The quantitative estimate of drug-likeness (QED) is 0.735. The molecular weight excluding hydrogens is 345 g/mol. The van der Waals surface area contributed by atoms with Gasteiger partial charge in [-0.2, -0.15) is 0 Å². The van der Waals surface area contributed by atoms with E-state index in [0.29, 0.717) is 20.6 Å². The van der Waals surface area contributed by atoms with E-state index in [9.17, 15) is 9.18 Å². The molecule has 0 fully saturated rings. The van der Waals surface area contributed by atoms with Crippen LogP contribution in [0.25, 0.3) is 20.8 Å². The van der Waals surface area contributed by atoms with Crippen molar-refractivity contribution in [2.45, 2.75) is 0 Å². The van der Waals surface area contributed by atoms with Crippen molar-refractivity contribution in [3.8, 4) is 10.6 Å². The lowest BCUT2D eigenvalue weighted by atomic mass is 10.2. The number of rotatable bonds is 2. The van der Waals surface area contributed by atoms with Gasteiger partial charge >= 0.3 is 5.97 Å². The van der Waals surface area contributed by atoms with Crippen LogP contribution in [0.5, 0.6) is 0 Å². The Labute approximate surface area is 125 Å². The molecule has 0 aliphatic heterocycles. The topological polar surface area (TPSA) is 50.2 Å². The van der Waals surface area contributed by atoms with Crippen molar-refractivity contribution in [2.75, 3.05) is 0 Å². The minimum absolute atomic E-state index is 0.214. The Balaban J connectivity index is 2.18. The van der Waals surface area contributed by atoms with E-state index in [1.54, 1.807) is 24.3 Å². The Morgan fingerprint density at radius 3 is 2.85 bits per heavy atom. The number of fused-ring (bicyclic) bond motifs is 1. The van der Waals surface area contributed by atoms with Crippen molar-refractivity contribution >= 4 is 43.5 Å². The molecule has 20 heavy (non-hydrogen) atoms. The van der Waals surface area contributed by atoms with Gasteiger partial charge in [0.1, 0.15) is 10.8 Å². The number of carboxylic acid groups (broad SMARTS) is 1. The lowest BCUT2D eigenvalue weighted by molar-refractivity contribution is 0.0697. The first-order valence-electron chi connectivity index (χ1n) is 5.64. The van der Waals surface area contributed by atoms with Gasteiger partial charge in [0.25, 0.3) is 0 Å². The summed E-state index contributed by atoms with van der Waals surface area (Å²) in [6, 6.07) is 9.49. The Bertz CT molecular complexity index is 831. The Kier molecular flexibility index (Phi) is 3.27. The molecule has 0 bridgehead atoms. The van der Waals surface area contributed by atoms with Crippen LogP contribution >= 0.6 is 27.3 Å². The zero-order valence-corrected chi connectivity index (χ0v) is 12.3. The van der Waals surface area contributed by atoms with Crippen LogP contribution in [0.3, 0.4) is 0 Å². The summed E-state index contributed by atoms with van der Waals surface area (Å²) in [7, 11) is 0. The molecule has 3 rings (SSSR count). The molecule has 0 saturated heterocycles. The first kappa shape index (κ1) is 13.2. The molecule has 1 heterocycles. The van der Waals surface area contributed by atoms with Crippen molar-refractivity contribution in [3.05, 3.63) is 52.3 Å². The molecule has 0 saturated carbocycles. The lowest BCUT2D eigenvalue weighted by Crippen LogP contribution is -1.94. The molecule has 0 amide bonds. The van der Waals surface area contributed by atoms with E-state index >= 15 is 0 Å². The van der Waals surface area contributed by atoms with E-state index in [2.05, 4.69) is 20.9 Å². The molecule has 100 valence electrons. The number of thiazole rings is 1. The van der Waals surface area contributed by atoms with Crippen molar-refractivity contribution in [1.82, 2.24) is 4.98 Å². The Morgan fingerprint density at radius 2 is 2.10 bits per heavy atom. The molecule has 0 aliphatic carbocycles. The highest BCUT2D eigenvalue weighted by Crippen LogP contribution is 2.35. The zero-order valence-electron chi connectivity index (χ0n) is 9.93. The molecule has 6 heteroatoms. The fraction of sp³-hybridized carbons (Fsp3) is 0. The lowest BCUT2D eigenvalue weighted by Gasteiger charge is -2.00. The van der Waals surface area contributed by atoms with E-state index in [1.807, 2.05) is 0 Å². The number of hydrogen-bond donors (Lipinski definition) is 1. The highest BCUT2D eigenvalue weighted by atomic mass is 79.9. The maximum absolute atomic E-state index is 13.5. The monoisotopic (exact) mass is 351 g/mol. The number of benzene rings is 2. The van der Waals surface area contributed by atoms with E-state index in [-0.39, 0.29) is 11.4 Å². The van der Waals surface area contributed by atoms with Gasteiger partial charge in [0.05, 0.1) is 20.3 Å². The van der Waals surface area contributed by atoms with Gasteiger partial charge in [-0.1, -0.05) is 12.1 Å². The third-order valence-corrected chi connectivity index (χ3v) is 4.67. The molecule has 3 nitrogen and oxygen atoms in total. The number of carboxylic acids is 1. The normalized spacial score (nSPS) is 10.9. The summed E-state index contributed by atoms with van der Waals surface area (Å²) in [6.07, 6.45) is 0. The van der Waals surface area contributed by atoms with Crippen molar-refractivity contribution in [3.63, 3.8) is 0 Å². The molecule has 2 aromatic carbocycles. The van der Waals surface area contributed by atoms with E-state index in [0.717, 1.165) is 4.70 Å². The summed E-state index contributed by atoms with van der Waals surface area (Å²) in [6.45, 7) is 0. The van der Waals surface area contributed by atoms with Gasteiger partial charge in [0.2, 0.25) is 0 Å². The van der Waals surface area contributed by atoms with Crippen LogP contribution in [0.1, 0.15) is 10.4 Å². The van der Waals surface area contributed by atoms with E-state index < -0.39 is 5.97 Å². The minimum atomic E-state index is -0.978. The summed E-state index contributed by atoms with van der Waals surface area (Å²) in [5.41, 5.74) is 1.57. The predicted molar refractivity (Wildman–Crippen MR) is 79.7 cm³/mol. The van der Waals surface area contributed by atoms with Crippen LogP contribution in [0.15, 0.2) is 40.9 Å². The molecular formula is C14H7BrFNO2S. The summed E-state index contributed by atoms with van der Waals surface area (Å²) in [5, 5.41) is 9.62. The second kappa shape index (κ2) is 4.96. The highest BCUT2D eigenvalue weighted by Gasteiger charge is 2.13. The summed E-state index contributed by atoms with van der Waals surface area (Å²) in [5.74, 6) is -1.33. The molecule has 1 aromatic heterocycles. The number of hydrogen-bond acceptors (Lipinski definition) is 3. The SMILES string of the molecule is O=C(O)c1ccc2nc(-c3cccc(F)c3Br)sc2c1. The minimum Gasteiger partial charge on any atom is -0.478 e. The van der Waals surface area contributed by atoms with Gasteiger partial charge in [-0.15, -0.1) is 11.3 Å². The maximum Gasteiger partial charge on any atom is 0.335 e. The average Bonchev–Trinajstić information content (AvgIpc) is 2.84. The van der Waals surface area contributed by atoms with Crippen LogP contribution in [-0.2, 0) is 0 Å². The zero-order chi connectivity index (χ0) is 14.3. The van der Waals surface area contributed by atoms with Crippen LogP contribution in [0.2, 0.25) is 0 Å². The first-order chi connectivity index (χ1) is 9.56. The Morgan fingerprint density at radius 1 is 1.30 bits per heavy atom. The molecule has 0 aliphatic rings. The summed E-state index contributed by atoms with van der Waals surface area (Å²) in [4.78, 5) is 15.4. The van der Waals surface area contributed by atoms with Gasteiger partial charge < -0.3 is 5.11 Å². The number of aromatic nitrogens is 1. The van der Waals surface area contributed by atoms with Crippen LogP contribution < -0.4 is 0 Å². The van der Waals surface area contributed by atoms with E-state index in [4.69, 9.17) is 5.11 Å². The first-order valence-corrected chi connectivity index (χ1v) is 7.25. The molecule has 0 unspecified atom stereocenters. The number of halogens is 2. The van der Waals surface area contributed by atoms with E-state index in [1.165, 1.54) is 23.5 Å². The number of nitrogens with zero attached hydrogens (tertiary/aromatic N) is 1. The van der Waals surface area contributed by atoms with Gasteiger partial charge in [0.15, 0.2) is 0 Å². The number of carbonyl (C=O) groups is 1. The second-order valence-electron chi connectivity index (χ2n) is 4.11. The van der Waals surface area contributed by atoms with Crippen LogP contribution in [0.4, 0.5) is 4.39 Å². The summed E-state index contributed by atoms with van der Waals surface area (Å²) >= 11 is 4.54. The van der Waals surface area contributed by atoms with Gasteiger partial charge in [-0.3, -0.25) is 0 Å². The maximum atomic E-state index is 13.5. The van der Waals surface area contributed by atoms with Crippen molar-refractivity contribution in [1.29, 1.82) is 0 Å². The summed E-state index contributed by atoms with van der Waals surface area (Å²) < 4.78 is 14.7. The third kappa shape index (κ3) is 2.21. The smallest absolute Gasteiger partial charge is 0.335 e. The standard InChI is InChI=1S/C14H7BrFNO2S/c15-12-8(2-1-3-9(12)16)13-17-10-5-4-7(14(18)19)6-11(10)20-13/h1-6H,(H,18,19). The van der Waals surface area contributed by atoms with Crippen molar-refractivity contribution < 1.29 is 14.3 Å². The van der Waals surface area contributed by atoms with Crippen molar-refractivity contribution in [2.24, 2.45) is 0 Å².